The number of nitrogens with zero attached hydrogens (tertiary/aromatic N) is 1. The van der Waals surface area contributed by atoms with Crippen molar-refractivity contribution in [2.75, 3.05) is 0 Å². The third-order valence-corrected chi connectivity index (χ3v) is 4.21. The number of hydrogen-bond donors (Lipinski definition) is 1. The van der Waals surface area contributed by atoms with Crippen LogP contribution in [0.15, 0.2) is 53.9 Å². The van der Waals surface area contributed by atoms with E-state index in [1.807, 2.05) is 60.8 Å². The Morgan fingerprint density at radius 2 is 1.90 bits per heavy atom. The average molecular weight is 294 g/mol. The number of amides is 1. The largest absolute Gasteiger partial charge is 0.366 e. The standard InChI is InChI=1S/C17H14N2OS/c1-11-16(17(18)20)13(15-8-5-9-21-15)10-14(19-11)12-6-3-2-4-7-12/h2-10H,1H3,(H2,18,20). The number of primary amides is 1. The van der Waals surface area contributed by atoms with Crippen molar-refractivity contribution in [1.82, 2.24) is 4.98 Å². The van der Waals surface area contributed by atoms with Crippen LogP contribution >= 0.6 is 11.3 Å². The second-order valence-corrected chi connectivity index (χ2v) is 5.67. The zero-order chi connectivity index (χ0) is 14.8. The Morgan fingerprint density at radius 1 is 1.14 bits per heavy atom. The monoisotopic (exact) mass is 294 g/mol. The first-order valence-corrected chi connectivity index (χ1v) is 7.45. The van der Waals surface area contributed by atoms with Crippen LogP contribution in [0.25, 0.3) is 21.7 Å². The summed E-state index contributed by atoms with van der Waals surface area (Å²) >= 11 is 1.58. The van der Waals surface area contributed by atoms with E-state index in [9.17, 15) is 4.79 Å². The van der Waals surface area contributed by atoms with Crippen LogP contribution in [-0.2, 0) is 0 Å². The van der Waals surface area contributed by atoms with Crippen LogP contribution in [0, 0.1) is 6.92 Å². The Labute approximate surface area is 127 Å². The summed E-state index contributed by atoms with van der Waals surface area (Å²) in [6.07, 6.45) is 0. The van der Waals surface area contributed by atoms with Crippen LogP contribution in [-0.4, -0.2) is 10.9 Å². The predicted molar refractivity (Wildman–Crippen MR) is 86.2 cm³/mol. The van der Waals surface area contributed by atoms with Gasteiger partial charge in [-0.2, -0.15) is 0 Å². The Hall–Kier alpha value is -2.46. The van der Waals surface area contributed by atoms with Crippen molar-refractivity contribution in [3.05, 3.63) is 65.2 Å². The smallest absolute Gasteiger partial charge is 0.251 e. The molecule has 0 saturated carbocycles. The molecule has 0 aliphatic rings. The second kappa shape index (κ2) is 5.50. The van der Waals surface area contributed by atoms with E-state index in [1.165, 1.54) is 0 Å². The van der Waals surface area contributed by atoms with Gasteiger partial charge < -0.3 is 5.73 Å². The van der Waals surface area contributed by atoms with E-state index in [2.05, 4.69) is 4.98 Å². The van der Waals surface area contributed by atoms with Crippen molar-refractivity contribution in [1.29, 1.82) is 0 Å². The second-order valence-electron chi connectivity index (χ2n) is 4.72. The number of aromatic nitrogens is 1. The Kier molecular flexibility index (Phi) is 3.54. The zero-order valence-corrected chi connectivity index (χ0v) is 12.4. The highest BCUT2D eigenvalue weighted by Crippen LogP contribution is 2.32. The summed E-state index contributed by atoms with van der Waals surface area (Å²) in [5.41, 5.74) is 9.41. The number of hydrogen-bond acceptors (Lipinski definition) is 3. The molecule has 0 saturated heterocycles. The molecule has 4 heteroatoms. The lowest BCUT2D eigenvalue weighted by Gasteiger charge is -2.11. The lowest BCUT2D eigenvalue weighted by atomic mass is 10.0. The fourth-order valence-electron chi connectivity index (χ4n) is 2.37. The SMILES string of the molecule is Cc1nc(-c2ccccc2)cc(-c2cccs2)c1C(N)=O. The first-order chi connectivity index (χ1) is 10.2. The van der Waals surface area contributed by atoms with E-state index in [0.29, 0.717) is 11.3 Å². The van der Waals surface area contributed by atoms with Gasteiger partial charge in [0.1, 0.15) is 0 Å². The number of nitrogens with two attached hydrogens (primary N) is 1. The van der Waals surface area contributed by atoms with E-state index in [0.717, 1.165) is 21.7 Å². The van der Waals surface area contributed by atoms with Gasteiger partial charge in [0.15, 0.2) is 0 Å². The van der Waals surface area contributed by atoms with E-state index >= 15 is 0 Å². The summed E-state index contributed by atoms with van der Waals surface area (Å²) in [5, 5.41) is 1.98. The molecule has 0 spiro atoms. The third-order valence-electron chi connectivity index (χ3n) is 3.30. The van der Waals surface area contributed by atoms with Crippen LogP contribution in [0.3, 0.4) is 0 Å². The minimum Gasteiger partial charge on any atom is -0.366 e. The first-order valence-electron chi connectivity index (χ1n) is 6.57. The molecule has 1 amide bonds. The van der Waals surface area contributed by atoms with Crippen molar-refractivity contribution in [3.63, 3.8) is 0 Å². The van der Waals surface area contributed by atoms with Crippen LogP contribution < -0.4 is 5.73 Å². The summed E-state index contributed by atoms with van der Waals surface area (Å²) in [6, 6.07) is 15.8. The molecule has 21 heavy (non-hydrogen) atoms. The molecule has 2 aromatic heterocycles. The number of benzene rings is 1. The predicted octanol–water partition coefficient (Wildman–Crippen LogP) is 3.88. The lowest BCUT2D eigenvalue weighted by Crippen LogP contribution is -2.15. The Bertz CT molecular complexity index is 780. The molecule has 3 nitrogen and oxygen atoms in total. The first kappa shape index (κ1) is 13.5. The van der Waals surface area contributed by atoms with Crippen molar-refractivity contribution in [2.24, 2.45) is 5.73 Å². The van der Waals surface area contributed by atoms with Gasteiger partial charge in [0.05, 0.1) is 17.0 Å². The maximum absolute atomic E-state index is 11.8. The Balaban J connectivity index is 2.25. The highest BCUT2D eigenvalue weighted by Gasteiger charge is 2.17. The number of pyridine rings is 1. The lowest BCUT2D eigenvalue weighted by molar-refractivity contribution is 0.1000. The molecule has 0 atom stereocenters. The average Bonchev–Trinajstić information content (AvgIpc) is 3.01. The minimum atomic E-state index is -0.442. The molecular weight excluding hydrogens is 280 g/mol. The molecule has 1 aromatic carbocycles. The summed E-state index contributed by atoms with van der Waals surface area (Å²) in [4.78, 5) is 17.3. The van der Waals surface area contributed by atoms with Crippen LogP contribution in [0.4, 0.5) is 0 Å². The fraction of sp³-hybridized carbons (Fsp3) is 0.0588. The summed E-state index contributed by atoms with van der Waals surface area (Å²) in [7, 11) is 0. The van der Waals surface area contributed by atoms with Gasteiger partial charge in [0.2, 0.25) is 0 Å². The molecule has 3 rings (SSSR count). The number of carbonyl (C=O) groups is 1. The van der Waals surface area contributed by atoms with E-state index in [4.69, 9.17) is 5.73 Å². The molecular formula is C17H14N2OS. The molecule has 0 aliphatic heterocycles. The van der Waals surface area contributed by atoms with Gasteiger partial charge in [-0.05, 0) is 24.4 Å². The third kappa shape index (κ3) is 2.58. The molecule has 104 valence electrons. The fourth-order valence-corrected chi connectivity index (χ4v) is 3.12. The summed E-state index contributed by atoms with van der Waals surface area (Å²) < 4.78 is 0. The maximum atomic E-state index is 11.8. The van der Waals surface area contributed by atoms with Crippen LogP contribution in [0.5, 0.6) is 0 Å². The normalized spacial score (nSPS) is 10.5. The van der Waals surface area contributed by atoms with Crippen molar-refractivity contribution >= 4 is 17.2 Å². The van der Waals surface area contributed by atoms with Gasteiger partial charge in [-0.25, -0.2) is 0 Å². The zero-order valence-electron chi connectivity index (χ0n) is 11.5. The van der Waals surface area contributed by atoms with Crippen LogP contribution in [0.1, 0.15) is 16.1 Å². The number of thiophene rings is 1. The topological polar surface area (TPSA) is 56.0 Å². The summed E-state index contributed by atoms with van der Waals surface area (Å²) in [5.74, 6) is -0.442. The maximum Gasteiger partial charge on any atom is 0.251 e. The van der Waals surface area contributed by atoms with E-state index < -0.39 is 5.91 Å². The number of carbonyl (C=O) groups excluding carboxylic acids is 1. The molecule has 3 aromatic rings. The number of rotatable bonds is 3. The molecule has 0 aliphatic carbocycles. The highest BCUT2D eigenvalue weighted by molar-refractivity contribution is 7.13. The molecule has 0 fully saturated rings. The van der Waals surface area contributed by atoms with Crippen molar-refractivity contribution in [2.45, 2.75) is 6.92 Å². The van der Waals surface area contributed by atoms with Crippen molar-refractivity contribution < 1.29 is 4.79 Å². The minimum absolute atomic E-state index is 0.442. The molecule has 0 bridgehead atoms. The van der Waals surface area contributed by atoms with Gasteiger partial charge in [-0.3, -0.25) is 9.78 Å². The number of aryl methyl sites for hydroxylation is 1. The Morgan fingerprint density at radius 3 is 2.52 bits per heavy atom. The van der Waals surface area contributed by atoms with Gasteiger partial charge in [-0.1, -0.05) is 36.4 Å². The molecule has 0 unspecified atom stereocenters. The van der Waals surface area contributed by atoms with Gasteiger partial charge in [0, 0.05) is 16.0 Å². The van der Waals surface area contributed by atoms with Crippen LogP contribution in [0.2, 0.25) is 0 Å². The highest BCUT2D eigenvalue weighted by atomic mass is 32.1. The van der Waals surface area contributed by atoms with E-state index in [1.54, 1.807) is 11.3 Å². The molecule has 2 N–H and O–H groups in total. The van der Waals surface area contributed by atoms with Gasteiger partial charge in [-0.15, -0.1) is 11.3 Å². The van der Waals surface area contributed by atoms with Gasteiger partial charge in [0.25, 0.3) is 5.91 Å². The molecule has 0 radical (unpaired) electrons. The van der Waals surface area contributed by atoms with E-state index in [-0.39, 0.29) is 0 Å². The molecule has 2 heterocycles. The van der Waals surface area contributed by atoms with Gasteiger partial charge >= 0.3 is 0 Å². The summed E-state index contributed by atoms with van der Waals surface area (Å²) in [6.45, 7) is 1.82. The van der Waals surface area contributed by atoms with Crippen molar-refractivity contribution in [3.8, 4) is 21.7 Å². The quantitative estimate of drug-likeness (QED) is 0.797.